The quantitative estimate of drug-likeness (QED) is 0.930. The summed E-state index contributed by atoms with van der Waals surface area (Å²) < 4.78 is 0. The van der Waals surface area contributed by atoms with Gasteiger partial charge in [0.1, 0.15) is 0 Å². The Bertz CT molecular complexity index is 516. The maximum absolute atomic E-state index is 12.5. The lowest BCUT2D eigenvalue weighted by atomic mass is 9.95. The molecule has 1 aliphatic rings. The van der Waals surface area contributed by atoms with E-state index in [0.29, 0.717) is 13.1 Å². The summed E-state index contributed by atoms with van der Waals surface area (Å²) in [6.07, 6.45) is 2.49. The number of rotatable bonds is 4. The van der Waals surface area contributed by atoms with Crippen molar-refractivity contribution in [2.75, 3.05) is 19.6 Å². The third kappa shape index (κ3) is 3.84. The molecule has 21 heavy (non-hydrogen) atoms. The number of carbonyl (C=O) groups is 2. The molecule has 0 aromatic carbocycles. The number of likely N-dealkylation sites (tertiary alicyclic amines) is 1. The molecule has 1 fully saturated rings. The molecule has 4 nitrogen and oxygen atoms in total. The van der Waals surface area contributed by atoms with Gasteiger partial charge in [-0.2, -0.15) is 0 Å². The number of hydrogen-bond donors (Lipinski definition) is 1. The molecule has 2 rings (SSSR count). The number of piperidine rings is 1. The van der Waals surface area contributed by atoms with Crippen molar-refractivity contribution >= 4 is 23.2 Å². The Morgan fingerprint density at radius 1 is 1.33 bits per heavy atom. The molecule has 0 aliphatic carbocycles. The van der Waals surface area contributed by atoms with Gasteiger partial charge in [0.15, 0.2) is 0 Å². The molecule has 0 atom stereocenters. The lowest BCUT2D eigenvalue weighted by Crippen LogP contribution is -2.43. The number of amides is 2. The minimum absolute atomic E-state index is 0.0610. The molecule has 2 amide bonds. The Hall–Kier alpha value is -1.36. The second-order valence-corrected chi connectivity index (χ2v) is 7.14. The van der Waals surface area contributed by atoms with E-state index in [0.717, 1.165) is 36.2 Å². The van der Waals surface area contributed by atoms with Crippen LogP contribution in [0.25, 0.3) is 0 Å². The Kier molecular flexibility index (Phi) is 5.39. The molecule has 1 aromatic heterocycles. The van der Waals surface area contributed by atoms with Crippen molar-refractivity contribution < 1.29 is 9.59 Å². The summed E-state index contributed by atoms with van der Waals surface area (Å²) in [5.74, 6) is 0.321. The van der Waals surface area contributed by atoms with E-state index >= 15 is 0 Å². The minimum Gasteiger partial charge on any atom is -0.356 e. The Morgan fingerprint density at radius 2 is 2.00 bits per heavy atom. The van der Waals surface area contributed by atoms with E-state index in [2.05, 4.69) is 5.32 Å². The van der Waals surface area contributed by atoms with Crippen LogP contribution >= 0.6 is 11.3 Å². The standard InChI is InChI=1S/C16H24N2O2S/c1-4-7-17-15(19)13-5-8-18(9-6-13)16(20)14-10-11(2)21-12(14)3/h10,13H,4-9H2,1-3H3,(H,17,19). The highest BCUT2D eigenvalue weighted by Crippen LogP contribution is 2.24. The van der Waals surface area contributed by atoms with Gasteiger partial charge < -0.3 is 10.2 Å². The molecule has 1 N–H and O–H groups in total. The summed E-state index contributed by atoms with van der Waals surface area (Å²) in [7, 11) is 0. The SMILES string of the molecule is CCCNC(=O)C1CCN(C(=O)c2cc(C)sc2C)CC1. The van der Waals surface area contributed by atoms with Crippen LogP contribution in [0.3, 0.4) is 0 Å². The van der Waals surface area contributed by atoms with Crippen LogP contribution in [-0.2, 0) is 4.79 Å². The first-order valence-electron chi connectivity index (χ1n) is 7.67. The van der Waals surface area contributed by atoms with E-state index in [4.69, 9.17) is 0 Å². The van der Waals surface area contributed by atoms with Crippen molar-refractivity contribution in [2.45, 2.75) is 40.0 Å². The van der Waals surface area contributed by atoms with E-state index in [-0.39, 0.29) is 17.7 Å². The molecular weight excluding hydrogens is 284 g/mol. The van der Waals surface area contributed by atoms with Gasteiger partial charge in [-0.05, 0) is 39.2 Å². The molecule has 1 saturated heterocycles. The Morgan fingerprint density at radius 3 is 2.52 bits per heavy atom. The van der Waals surface area contributed by atoms with Crippen LogP contribution in [0.15, 0.2) is 6.07 Å². The first-order chi connectivity index (χ1) is 10.0. The van der Waals surface area contributed by atoms with E-state index in [1.54, 1.807) is 11.3 Å². The van der Waals surface area contributed by atoms with Gasteiger partial charge in [0.2, 0.25) is 5.91 Å². The fraction of sp³-hybridized carbons (Fsp3) is 0.625. The van der Waals surface area contributed by atoms with E-state index in [1.165, 1.54) is 4.88 Å². The highest BCUT2D eigenvalue weighted by molar-refractivity contribution is 7.12. The molecule has 0 unspecified atom stereocenters. The first kappa shape index (κ1) is 16.0. The molecule has 1 aromatic rings. The largest absolute Gasteiger partial charge is 0.356 e. The molecule has 2 heterocycles. The van der Waals surface area contributed by atoms with Crippen molar-refractivity contribution in [3.8, 4) is 0 Å². The predicted octanol–water partition coefficient (Wildman–Crippen LogP) is 2.74. The molecular formula is C16H24N2O2S. The van der Waals surface area contributed by atoms with Crippen molar-refractivity contribution in [3.05, 3.63) is 21.4 Å². The second kappa shape index (κ2) is 7.07. The highest BCUT2D eigenvalue weighted by Gasteiger charge is 2.28. The van der Waals surface area contributed by atoms with Crippen LogP contribution in [0.5, 0.6) is 0 Å². The van der Waals surface area contributed by atoms with E-state index in [1.807, 2.05) is 31.7 Å². The maximum atomic E-state index is 12.5. The van der Waals surface area contributed by atoms with Gasteiger partial charge >= 0.3 is 0 Å². The molecule has 0 saturated carbocycles. The average Bonchev–Trinajstić information content (AvgIpc) is 2.83. The third-order valence-electron chi connectivity index (χ3n) is 3.97. The molecule has 116 valence electrons. The number of nitrogens with zero attached hydrogens (tertiary/aromatic N) is 1. The van der Waals surface area contributed by atoms with Crippen LogP contribution in [0, 0.1) is 19.8 Å². The summed E-state index contributed by atoms with van der Waals surface area (Å²) in [6, 6.07) is 1.97. The fourth-order valence-electron chi connectivity index (χ4n) is 2.75. The molecule has 0 bridgehead atoms. The molecule has 5 heteroatoms. The Labute approximate surface area is 130 Å². The van der Waals surface area contributed by atoms with Gasteiger partial charge in [-0.15, -0.1) is 11.3 Å². The summed E-state index contributed by atoms with van der Waals surface area (Å²) >= 11 is 1.66. The third-order valence-corrected chi connectivity index (χ3v) is 4.94. The predicted molar refractivity (Wildman–Crippen MR) is 85.7 cm³/mol. The summed E-state index contributed by atoms with van der Waals surface area (Å²) in [6.45, 7) is 8.17. The average molecular weight is 308 g/mol. The number of nitrogens with one attached hydrogen (secondary N) is 1. The van der Waals surface area contributed by atoms with Crippen LogP contribution in [0.4, 0.5) is 0 Å². The van der Waals surface area contributed by atoms with Crippen LogP contribution in [0.2, 0.25) is 0 Å². The summed E-state index contributed by atoms with van der Waals surface area (Å²) in [4.78, 5) is 28.6. The molecule has 0 spiro atoms. The topological polar surface area (TPSA) is 49.4 Å². The zero-order chi connectivity index (χ0) is 15.4. The van der Waals surface area contributed by atoms with E-state index in [9.17, 15) is 9.59 Å². The molecule has 0 radical (unpaired) electrons. The number of hydrogen-bond acceptors (Lipinski definition) is 3. The number of carbonyl (C=O) groups excluding carboxylic acids is 2. The van der Waals surface area contributed by atoms with Crippen LogP contribution in [-0.4, -0.2) is 36.3 Å². The number of aryl methyl sites for hydroxylation is 2. The second-order valence-electron chi connectivity index (χ2n) is 5.68. The van der Waals surface area contributed by atoms with Gasteiger partial charge in [0.25, 0.3) is 5.91 Å². The van der Waals surface area contributed by atoms with Gasteiger partial charge in [-0.3, -0.25) is 9.59 Å². The van der Waals surface area contributed by atoms with Gasteiger partial charge in [0.05, 0.1) is 5.56 Å². The van der Waals surface area contributed by atoms with Gasteiger partial charge in [-0.25, -0.2) is 0 Å². The van der Waals surface area contributed by atoms with E-state index < -0.39 is 0 Å². The zero-order valence-electron chi connectivity index (χ0n) is 13.1. The monoisotopic (exact) mass is 308 g/mol. The lowest BCUT2D eigenvalue weighted by molar-refractivity contribution is -0.126. The summed E-state index contributed by atoms with van der Waals surface area (Å²) in [5.41, 5.74) is 0.825. The van der Waals surface area contributed by atoms with Crippen LogP contribution in [0.1, 0.15) is 46.3 Å². The van der Waals surface area contributed by atoms with Crippen molar-refractivity contribution in [2.24, 2.45) is 5.92 Å². The number of thiophene rings is 1. The smallest absolute Gasteiger partial charge is 0.254 e. The highest BCUT2D eigenvalue weighted by atomic mass is 32.1. The van der Waals surface area contributed by atoms with Crippen molar-refractivity contribution in [1.82, 2.24) is 10.2 Å². The van der Waals surface area contributed by atoms with Crippen molar-refractivity contribution in [1.29, 1.82) is 0 Å². The normalized spacial score (nSPS) is 16.0. The Balaban J connectivity index is 1.90. The minimum atomic E-state index is 0.0610. The van der Waals surface area contributed by atoms with Crippen LogP contribution < -0.4 is 5.32 Å². The summed E-state index contributed by atoms with van der Waals surface area (Å²) in [5, 5.41) is 2.95. The first-order valence-corrected chi connectivity index (χ1v) is 8.48. The van der Waals surface area contributed by atoms with Gasteiger partial charge in [0, 0.05) is 35.3 Å². The zero-order valence-corrected chi connectivity index (χ0v) is 13.9. The maximum Gasteiger partial charge on any atom is 0.254 e. The lowest BCUT2D eigenvalue weighted by Gasteiger charge is -2.31. The molecule has 1 aliphatic heterocycles. The fourth-order valence-corrected chi connectivity index (χ4v) is 3.67. The van der Waals surface area contributed by atoms with Crippen molar-refractivity contribution in [3.63, 3.8) is 0 Å². The van der Waals surface area contributed by atoms with Gasteiger partial charge in [-0.1, -0.05) is 6.92 Å².